The fourth-order valence-corrected chi connectivity index (χ4v) is 1.17. The lowest BCUT2D eigenvalue weighted by Gasteiger charge is -2.08. The lowest BCUT2D eigenvalue weighted by atomic mass is 10.1. The number of phenolic OH excluding ortho intramolecular Hbond substituents is 1. The van der Waals surface area contributed by atoms with E-state index in [2.05, 4.69) is 10.6 Å². The van der Waals surface area contributed by atoms with E-state index in [4.69, 9.17) is 10.2 Å². The maximum atomic E-state index is 11.2. The van der Waals surface area contributed by atoms with Gasteiger partial charge in [-0.15, -0.1) is 0 Å². The smallest absolute Gasteiger partial charge is 0.337 e. The molecule has 1 rings (SSSR count). The summed E-state index contributed by atoms with van der Waals surface area (Å²) in [6.07, 6.45) is 0. The summed E-state index contributed by atoms with van der Waals surface area (Å²) in [6, 6.07) is 3.73. The minimum Gasteiger partial charge on any atom is -0.508 e. The van der Waals surface area contributed by atoms with Gasteiger partial charge in [-0.05, 0) is 25.2 Å². The van der Waals surface area contributed by atoms with Crippen LogP contribution < -0.4 is 10.6 Å². The Morgan fingerprint density at radius 3 is 2.62 bits per heavy atom. The number of carboxylic acids is 1. The predicted octanol–water partition coefficient (Wildman–Crippen LogP) is 0.248. The quantitative estimate of drug-likeness (QED) is 0.549. The van der Waals surface area contributed by atoms with Gasteiger partial charge in [-0.1, -0.05) is 0 Å². The summed E-state index contributed by atoms with van der Waals surface area (Å²) < 4.78 is 0. The molecule has 4 N–H and O–H groups in total. The maximum absolute atomic E-state index is 11.2. The number of rotatable bonds is 4. The molecule has 0 bridgehead atoms. The van der Waals surface area contributed by atoms with Gasteiger partial charge in [0.05, 0.1) is 17.8 Å². The van der Waals surface area contributed by atoms with Gasteiger partial charge in [-0.3, -0.25) is 4.79 Å². The Labute approximate surface area is 91.9 Å². The molecule has 0 atom stereocenters. The Hall–Kier alpha value is -2.08. The number of benzene rings is 1. The molecule has 6 heteroatoms. The highest BCUT2D eigenvalue weighted by Crippen LogP contribution is 2.21. The number of hydrogen-bond donors (Lipinski definition) is 4. The molecule has 0 saturated carbocycles. The summed E-state index contributed by atoms with van der Waals surface area (Å²) in [4.78, 5) is 22.1. The van der Waals surface area contributed by atoms with E-state index < -0.39 is 5.97 Å². The van der Waals surface area contributed by atoms with E-state index in [0.717, 1.165) is 6.07 Å². The molecule has 0 unspecified atom stereocenters. The highest BCUT2D eigenvalue weighted by atomic mass is 16.4. The first-order valence-electron chi connectivity index (χ1n) is 4.55. The van der Waals surface area contributed by atoms with E-state index in [0.29, 0.717) is 0 Å². The standard InChI is InChI=1S/C10H12N2O4/c1-11-5-9(14)12-8-3-2-6(13)4-7(8)10(15)16/h2-4,11,13H,5H2,1H3,(H,12,14)(H,15,16). The van der Waals surface area contributed by atoms with Gasteiger partial charge in [0.1, 0.15) is 5.75 Å². The second-order valence-electron chi connectivity index (χ2n) is 3.11. The van der Waals surface area contributed by atoms with Crippen LogP contribution in [0.3, 0.4) is 0 Å². The summed E-state index contributed by atoms with van der Waals surface area (Å²) in [5, 5.41) is 23.1. The highest BCUT2D eigenvalue weighted by molar-refractivity contribution is 6.01. The highest BCUT2D eigenvalue weighted by Gasteiger charge is 2.12. The van der Waals surface area contributed by atoms with Crippen molar-refractivity contribution in [3.05, 3.63) is 23.8 Å². The summed E-state index contributed by atoms with van der Waals surface area (Å²) in [5.74, 6) is -1.73. The molecule has 0 fully saturated rings. The van der Waals surface area contributed by atoms with Crippen molar-refractivity contribution in [1.29, 1.82) is 0 Å². The monoisotopic (exact) mass is 224 g/mol. The van der Waals surface area contributed by atoms with Crippen molar-refractivity contribution in [2.24, 2.45) is 0 Å². The van der Waals surface area contributed by atoms with E-state index in [1.54, 1.807) is 7.05 Å². The van der Waals surface area contributed by atoms with Crippen LogP contribution in [0.2, 0.25) is 0 Å². The van der Waals surface area contributed by atoms with Crippen LogP contribution in [0.5, 0.6) is 5.75 Å². The van der Waals surface area contributed by atoms with Crippen LogP contribution >= 0.6 is 0 Å². The van der Waals surface area contributed by atoms with E-state index in [-0.39, 0.29) is 29.5 Å². The number of carboxylic acid groups (broad SMARTS) is 1. The minimum absolute atomic E-state index is 0.0833. The number of anilines is 1. The maximum Gasteiger partial charge on any atom is 0.337 e. The van der Waals surface area contributed by atoms with Crippen molar-refractivity contribution in [3.8, 4) is 5.75 Å². The second-order valence-corrected chi connectivity index (χ2v) is 3.11. The van der Waals surface area contributed by atoms with Gasteiger partial charge in [0.2, 0.25) is 5.91 Å². The summed E-state index contributed by atoms with van der Waals surface area (Å²) in [5.41, 5.74) is 0.00926. The Morgan fingerprint density at radius 1 is 1.38 bits per heavy atom. The number of carbonyl (C=O) groups excluding carboxylic acids is 1. The third kappa shape index (κ3) is 2.96. The second kappa shape index (κ2) is 5.13. The summed E-state index contributed by atoms with van der Waals surface area (Å²) in [7, 11) is 1.61. The number of nitrogens with one attached hydrogen (secondary N) is 2. The van der Waals surface area contributed by atoms with Gasteiger partial charge >= 0.3 is 5.97 Å². The van der Waals surface area contributed by atoms with Crippen molar-refractivity contribution >= 4 is 17.6 Å². The van der Waals surface area contributed by atoms with Gasteiger partial charge in [-0.2, -0.15) is 0 Å². The molecule has 0 aliphatic heterocycles. The third-order valence-electron chi connectivity index (χ3n) is 1.84. The van der Waals surface area contributed by atoms with Gasteiger partial charge in [-0.25, -0.2) is 4.79 Å². The SMILES string of the molecule is CNCC(=O)Nc1ccc(O)cc1C(=O)O. The van der Waals surface area contributed by atoms with Crippen molar-refractivity contribution < 1.29 is 19.8 Å². The van der Waals surface area contributed by atoms with Crippen LogP contribution in [-0.4, -0.2) is 35.7 Å². The zero-order valence-electron chi connectivity index (χ0n) is 8.65. The Kier molecular flexibility index (Phi) is 3.84. The number of amides is 1. The molecule has 0 spiro atoms. The number of phenols is 1. The van der Waals surface area contributed by atoms with Gasteiger partial charge in [0.15, 0.2) is 0 Å². The summed E-state index contributed by atoms with van der Waals surface area (Å²) >= 11 is 0. The van der Waals surface area contributed by atoms with Crippen molar-refractivity contribution in [2.45, 2.75) is 0 Å². The zero-order valence-corrected chi connectivity index (χ0v) is 8.65. The van der Waals surface area contributed by atoms with Crippen LogP contribution in [0.25, 0.3) is 0 Å². The van der Waals surface area contributed by atoms with Crippen LogP contribution in [0.15, 0.2) is 18.2 Å². The number of likely N-dealkylation sites (N-methyl/N-ethyl adjacent to an activating group) is 1. The summed E-state index contributed by atoms with van der Waals surface area (Å²) in [6.45, 7) is 0.0833. The van der Waals surface area contributed by atoms with Crippen molar-refractivity contribution in [2.75, 3.05) is 18.9 Å². The number of aromatic hydroxyl groups is 1. The largest absolute Gasteiger partial charge is 0.508 e. The first kappa shape index (κ1) is 12.0. The van der Waals surface area contributed by atoms with Gasteiger partial charge in [0.25, 0.3) is 0 Å². The van der Waals surface area contributed by atoms with E-state index >= 15 is 0 Å². The predicted molar refractivity (Wildman–Crippen MR) is 57.6 cm³/mol. The van der Waals surface area contributed by atoms with Crippen molar-refractivity contribution in [3.63, 3.8) is 0 Å². The molecule has 0 radical (unpaired) electrons. The van der Waals surface area contributed by atoms with E-state index in [1.165, 1.54) is 12.1 Å². The van der Waals surface area contributed by atoms with Crippen LogP contribution in [0.1, 0.15) is 10.4 Å². The fraction of sp³-hybridized carbons (Fsp3) is 0.200. The molecule has 6 nitrogen and oxygen atoms in total. The number of carbonyl (C=O) groups is 2. The molecule has 1 aromatic carbocycles. The Bertz CT molecular complexity index is 417. The third-order valence-corrected chi connectivity index (χ3v) is 1.84. The van der Waals surface area contributed by atoms with Gasteiger partial charge < -0.3 is 20.8 Å². The van der Waals surface area contributed by atoms with Crippen LogP contribution in [-0.2, 0) is 4.79 Å². The van der Waals surface area contributed by atoms with Crippen LogP contribution in [0, 0.1) is 0 Å². The number of hydrogen-bond acceptors (Lipinski definition) is 4. The van der Waals surface area contributed by atoms with Crippen molar-refractivity contribution in [1.82, 2.24) is 5.32 Å². The molecule has 0 heterocycles. The average Bonchev–Trinajstić information content (AvgIpc) is 2.20. The zero-order chi connectivity index (χ0) is 12.1. The molecular formula is C10H12N2O4. The topological polar surface area (TPSA) is 98.7 Å². The molecule has 0 aliphatic carbocycles. The first-order chi connectivity index (χ1) is 7.54. The van der Waals surface area contributed by atoms with E-state index in [1.807, 2.05) is 0 Å². The Balaban J connectivity index is 2.95. The first-order valence-corrected chi connectivity index (χ1v) is 4.55. The molecular weight excluding hydrogens is 212 g/mol. The Morgan fingerprint density at radius 2 is 2.06 bits per heavy atom. The lowest BCUT2D eigenvalue weighted by molar-refractivity contribution is -0.115. The van der Waals surface area contributed by atoms with Gasteiger partial charge in [0, 0.05) is 0 Å². The van der Waals surface area contributed by atoms with E-state index in [9.17, 15) is 9.59 Å². The molecule has 16 heavy (non-hydrogen) atoms. The lowest BCUT2D eigenvalue weighted by Crippen LogP contribution is -2.25. The average molecular weight is 224 g/mol. The minimum atomic E-state index is -1.21. The molecule has 86 valence electrons. The normalized spacial score (nSPS) is 9.81. The molecule has 1 amide bonds. The van der Waals surface area contributed by atoms with Crippen LogP contribution in [0.4, 0.5) is 5.69 Å². The molecule has 1 aromatic rings. The molecule has 0 aliphatic rings. The molecule has 0 saturated heterocycles. The number of aromatic carboxylic acids is 1. The molecule has 0 aromatic heterocycles. The fourth-order valence-electron chi connectivity index (χ4n) is 1.17.